The van der Waals surface area contributed by atoms with Gasteiger partial charge >= 0.3 is 6.18 Å². The predicted octanol–water partition coefficient (Wildman–Crippen LogP) is 2.51. The Morgan fingerprint density at radius 2 is 1.94 bits per heavy atom. The molecule has 1 aromatic heterocycles. The zero-order chi connectivity index (χ0) is 12.8. The first kappa shape index (κ1) is 12.4. The maximum absolute atomic E-state index is 12.6. The van der Waals surface area contributed by atoms with Gasteiger partial charge in [0.1, 0.15) is 5.82 Å². The molecule has 96 valence electrons. The molecule has 0 spiro atoms. The number of nitrogens with zero attached hydrogens (tertiary/aromatic N) is 3. The number of hydrogen-bond acceptors (Lipinski definition) is 2. The molecule has 3 nitrogen and oxygen atoms in total. The van der Waals surface area contributed by atoms with Crippen molar-refractivity contribution >= 4 is 0 Å². The summed E-state index contributed by atoms with van der Waals surface area (Å²) < 4.78 is 39.5. The van der Waals surface area contributed by atoms with Gasteiger partial charge in [-0.15, -0.1) is 0 Å². The topological polar surface area (TPSA) is 21.1 Å². The van der Waals surface area contributed by atoms with Gasteiger partial charge in [-0.25, -0.2) is 4.98 Å². The van der Waals surface area contributed by atoms with Crippen LogP contribution < -0.4 is 0 Å². The number of likely N-dealkylation sites (tertiary alicyclic amines) is 1. The van der Waals surface area contributed by atoms with Gasteiger partial charge < -0.3 is 9.47 Å². The molecule has 0 radical (unpaired) electrons. The zero-order valence-electron chi connectivity index (χ0n) is 10.1. The van der Waals surface area contributed by atoms with Crippen molar-refractivity contribution in [3.63, 3.8) is 0 Å². The van der Waals surface area contributed by atoms with Gasteiger partial charge in [-0.2, -0.15) is 13.2 Å². The fourth-order valence-electron chi connectivity index (χ4n) is 2.11. The normalized spacial score (nSPS) is 18.8. The summed E-state index contributed by atoms with van der Waals surface area (Å²) in [6, 6.07) is 0.126. The summed E-state index contributed by atoms with van der Waals surface area (Å²) in [6.45, 7) is 5.30. The van der Waals surface area contributed by atoms with E-state index in [-0.39, 0.29) is 12.0 Å². The Balaban J connectivity index is 2.33. The minimum absolute atomic E-state index is 0.00277. The molecule has 0 N–H and O–H groups in total. The lowest BCUT2D eigenvalue weighted by Crippen LogP contribution is -2.45. The quantitative estimate of drug-likeness (QED) is 0.800. The number of rotatable bonds is 2. The van der Waals surface area contributed by atoms with E-state index in [0.29, 0.717) is 5.82 Å². The summed E-state index contributed by atoms with van der Waals surface area (Å²) in [5.74, 6) is 0.521. The van der Waals surface area contributed by atoms with E-state index >= 15 is 0 Å². The van der Waals surface area contributed by atoms with Crippen LogP contribution in [0, 0.1) is 0 Å². The fraction of sp³-hybridized carbons (Fsp3) is 0.727. The second kappa shape index (κ2) is 4.01. The third-order valence-electron chi connectivity index (χ3n) is 3.01. The minimum atomic E-state index is -4.36. The summed E-state index contributed by atoms with van der Waals surface area (Å²) in [5.41, 5.74) is -0.782. The largest absolute Gasteiger partial charge is 0.434 e. The highest BCUT2D eigenvalue weighted by atomic mass is 19.4. The van der Waals surface area contributed by atoms with Crippen LogP contribution in [0.15, 0.2) is 6.20 Å². The van der Waals surface area contributed by atoms with Crippen LogP contribution in [0.3, 0.4) is 0 Å². The first-order valence-corrected chi connectivity index (χ1v) is 5.63. The van der Waals surface area contributed by atoms with E-state index in [4.69, 9.17) is 0 Å². The molecule has 0 bridgehead atoms. The number of hydrogen-bond donors (Lipinski definition) is 0. The van der Waals surface area contributed by atoms with Crippen molar-refractivity contribution in [2.75, 3.05) is 20.1 Å². The van der Waals surface area contributed by atoms with Gasteiger partial charge in [0.25, 0.3) is 0 Å². The van der Waals surface area contributed by atoms with Gasteiger partial charge in [0.2, 0.25) is 0 Å². The Hall–Kier alpha value is -1.04. The molecule has 0 amide bonds. The molecular formula is C11H16F3N3. The van der Waals surface area contributed by atoms with Gasteiger partial charge in [-0.3, -0.25) is 0 Å². The summed E-state index contributed by atoms with van der Waals surface area (Å²) in [4.78, 5) is 5.80. The molecule has 17 heavy (non-hydrogen) atoms. The summed E-state index contributed by atoms with van der Waals surface area (Å²) in [5, 5.41) is 0. The van der Waals surface area contributed by atoms with E-state index in [1.165, 1.54) is 0 Å². The number of likely N-dealkylation sites (N-methyl/N-ethyl adjacent to an activating group) is 1. The van der Waals surface area contributed by atoms with Crippen molar-refractivity contribution in [2.45, 2.75) is 32.0 Å². The van der Waals surface area contributed by atoms with Crippen molar-refractivity contribution in [3.05, 3.63) is 17.7 Å². The number of imidazole rings is 1. The van der Waals surface area contributed by atoms with E-state index in [0.717, 1.165) is 19.3 Å². The lowest BCUT2D eigenvalue weighted by molar-refractivity contribution is -0.141. The number of aromatic nitrogens is 2. The number of alkyl halides is 3. The summed E-state index contributed by atoms with van der Waals surface area (Å²) >= 11 is 0. The third kappa shape index (κ3) is 2.31. The van der Waals surface area contributed by atoms with Crippen LogP contribution in [0.4, 0.5) is 13.2 Å². The SMILES string of the molecule is CC(C)c1nc(C(F)(F)F)cn1C1CN(C)C1. The molecule has 1 fully saturated rings. The highest BCUT2D eigenvalue weighted by Crippen LogP contribution is 2.32. The first-order chi connectivity index (χ1) is 7.79. The summed E-state index contributed by atoms with van der Waals surface area (Å²) in [7, 11) is 1.95. The van der Waals surface area contributed by atoms with Crippen LogP contribution in [0.5, 0.6) is 0 Å². The van der Waals surface area contributed by atoms with Crippen molar-refractivity contribution in [2.24, 2.45) is 0 Å². The molecule has 0 aromatic carbocycles. The highest BCUT2D eigenvalue weighted by Gasteiger charge is 2.37. The molecule has 1 saturated heterocycles. The standard InChI is InChI=1S/C11H16F3N3/c1-7(2)10-15-9(11(12,13)14)6-17(10)8-4-16(3)5-8/h6-8H,4-5H2,1-3H3. The molecule has 1 aromatic rings. The molecule has 2 rings (SSSR count). The molecule has 0 saturated carbocycles. The van der Waals surface area contributed by atoms with Gasteiger partial charge in [0, 0.05) is 25.2 Å². The molecule has 0 aliphatic carbocycles. The Kier molecular flexibility index (Phi) is 2.93. The van der Waals surface area contributed by atoms with Gasteiger partial charge in [-0.1, -0.05) is 13.8 Å². The Morgan fingerprint density at radius 3 is 2.35 bits per heavy atom. The molecule has 6 heteroatoms. The van der Waals surface area contributed by atoms with E-state index in [1.807, 2.05) is 20.9 Å². The van der Waals surface area contributed by atoms with Crippen LogP contribution in [0.1, 0.15) is 37.3 Å². The lowest BCUT2D eigenvalue weighted by Gasteiger charge is -2.38. The Morgan fingerprint density at radius 1 is 1.35 bits per heavy atom. The highest BCUT2D eigenvalue weighted by molar-refractivity contribution is 5.13. The molecule has 1 aliphatic heterocycles. The van der Waals surface area contributed by atoms with Crippen LogP contribution in [-0.4, -0.2) is 34.6 Å². The van der Waals surface area contributed by atoms with Crippen molar-refractivity contribution < 1.29 is 13.2 Å². The van der Waals surface area contributed by atoms with E-state index in [9.17, 15) is 13.2 Å². The number of halogens is 3. The van der Waals surface area contributed by atoms with E-state index in [1.54, 1.807) is 4.57 Å². The smallest absolute Gasteiger partial charge is 0.328 e. The van der Waals surface area contributed by atoms with Crippen LogP contribution in [-0.2, 0) is 6.18 Å². The molecule has 2 heterocycles. The Labute approximate surface area is 98.2 Å². The third-order valence-corrected chi connectivity index (χ3v) is 3.01. The van der Waals surface area contributed by atoms with Crippen LogP contribution in [0.25, 0.3) is 0 Å². The monoisotopic (exact) mass is 247 g/mol. The summed E-state index contributed by atoms with van der Waals surface area (Å²) in [6.07, 6.45) is -3.21. The fourth-order valence-corrected chi connectivity index (χ4v) is 2.11. The minimum Gasteiger partial charge on any atom is -0.328 e. The molecular weight excluding hydrogens is 231 g/mol. The van der Waals surface area contributed by atoms with Gasteiger partial charge in [-0.05, 0) is 7.05 Å². The van der Waals surface area contributed by atoms with Gasteiger partial charge in [0.15, 0.2) is 5.69 Å². The second-order valence-electron chi connectivity index (χ2n) is 4.92. The first-order valence-electron chi connectivity index (χ1n) is 5.63. The maximum Gasteiger partial charge on any atom is 0.434 e. The predicted molar refractivity (Wildman–Crippen MR) is 57.9 cm³/mol. The molecule has 1 aliphatic rings. The van der Waals surface area contributed by atoms with Crippen molar-refractivity contribution in [3.8, 4) is 0 Å². The van der Waals surface area contributed by atoms with E-state index in [2.05, 4.69) is 9.88 Å². The van der Waals surface area contributed by atoms with Crippen LogP contribution in [0.2, 0.25) is 0 Å². The molecule has 0 atom stereocenters. The van der Waals surface area contributed by atoms with Gasteiger partial charge in [0.05, 0.1) is 6.04 Å². The maximum atomic E-state index is 12.6. The Bertz CT molecular complexity index is 403. The van der Waals surface area contributed by atoms with E-state index < -0.39 is 11.9 Å². The zero-order valence-corrected chi connectivity index (χ0v) is 10.1. The average Bonchev–Trinajstić information content (AvgIpc) is 2.56. The van der Waals surface area contributed by atoms with Crippen LogP contribution >= 0.6 is 0 Å². The average molecular weight is 247 g/mol. The van der Waals surface area contributed by atoms with Crippen molar-refractivity contribution in [1.29, 1.82) is 0 Å². The molecule has 0 unspecified atom stereocenters. The second-order valence-corrected chi connectivity index (χ2v) is 4.92. The lowest BCUT2D eigenvalue weighted by atomic mass is 10.1. The van der Waals surface area contributed by atoms with Crippen molar-refractivity contribution in [1.82, 2.24) is 14.5 Å².